The van der Waals surface area contributed by atoms with E-state index in [0.29, 0.717) is 5.69 Å². The Morgan fingerprint density at radius 1 is 1.04 bits per heavy atom. The highest BCUT2D eigenvalue weighted by Gasteiger charge is 2.19. The number of esters is 1. The third-order valence-electron chi connectivity index (χ3n) is 3.88. The molecule has 0 saturated carbocycles. The lowest BCUT2D eigenvalue weighted by Crippen LogP contribution is -2.23. The van der Waals surface area contributed by atoms with E-state index in [0.717, 1.165) is 35.2 Å². The van der Waals surface area contributed by atoms with Crippen LogP contribution in [0, 0.1) is 11.6 Å². The van der Waals surface area contributed by atoms with Crippen LogP contribution in [0.4, 0.5) is 8.78 Å². The van der Waals surface area contributed by atoms with Gasteiger partial charge in [0.15, 0.2) is 17.7 Å². The average Bonchev–Trinajstić information content (AvgIpc) is 2.67. The number of carbonyl (C=O) groups excluding carboxylic acids is 2. The molecule has 1 atom stereocenters. The van der Waals surface area contributed by atoms with Crippen molar-refractivity contribution in [3.05, 3.63) is 83.6 Å². The number of Topliss-reactive ketones (excluding diaryl/α,β-unsaturated/α-hetero) is 1. The van der Waals surface area contributed by atoms with E-state index in [4.69, 9.17) is 4.74 Å². The van der Waals surface area contributed by atoms with Gasteiger partial charge < -0.3 is 4.74 Å². The summed E-state index contributed by atoms with van der Waals surface area (Å²) in [4.78, 5) is 28.5. The minimum Gasteiger partial charge on any atom is -0.451 e. The van der Waals surface area contributed by atoms with E-state index in [-0.39, 0.29) is 5.56 Å². The van der Waals surface area contributed by atoms with Gasteiger partial charge in [0.2, 0.25) is 5.78 Å². The number of pyridine rings is 1. The summed E-state index contributed by atoms with van der Waals surface area (Å²) >= 11 is 0. The monoisotopic (exact) mass is 367 g/mol. The summed E-state index contributed by atoms with van der Waals surface area (Å²) < 4.78 is 31.2. The van der Waals surface area contributed by atoms with Crippen molar-refractivity contribution in [2.45, 2.75) is 13.0 Å². The van der Waals surface area contributed by atoms with Crippen molar-refractivity contribution in [1.82, 2.24) is 4.98 Å². The Hall–Kier alpha value is -3.41. The lowest BCUT2D eigenvalue weighted by atomic mass is 10.1. The van der Waals surface area contributed by atoms with Gasteiger partial charge in [-0.2, -0.15) is 0 Å². The number of benzene rings is 2. The molecule has 0 fully saturated rings. The molecule has 0 bridgehead atoms. The Kier molecular flexibility index (Phi) is 5.35. The second-order valence-electron chi connectivity index (χ2n) is 5.83. The Balaban J connectivity index is 1.65. The number of aromatic nitrogens is 1. The smallest absolute Gasteiger partial charge is 0.331 e. The number of nitrogens with zero attached hydrogens (tertiary/aromatic N) is 1. The Morgan fingerprint density at radius 2 is 1.81 bits per heavy atom. The van der Waals surface area contributed by atoms with Crippen LogP contribution in [0.5, 0.6) is 0 Å². The molecule has 0 unspecified atom stereocenters. The maximum atomic E-state index is 13.2. The summed E-state index contributed by atoms with van der Waals surface area (Å²) in [5.41, 5.74) is 1.27. The van der Waals surface area contributed by atoms with Crippen LogP contribution in [0.1, 0.15) is 23.0 Å². The molecule has 27 heavy (non-hydrogen) atoms. The molecule has 0 radical (unpaired) electrons. The lowest BCUT2D eigenvalue weighted by molar-refractivity contribution is -0.140. The van der Waals surface area contributed by atoms with Crippen molar-refractivity contribution in [3.8, 4) is 0 Å². The highest BCUT2D eigenvalue weighted by Crippen LogP contribution is 2.14. The molecule has 1 aromatic heterocycles. The maximum Gasteiger partial charge on any atom is 0.331 e. The largest absolute Gasteiger partial charge is 0.451 e. The molecular formula is C21H15F2NO3. The number of fused-ring (bicyclic) bond motifs is 1. The quantitative estimate of drug-likeness (QED) is 0.382. The van der Waals surface area contributed by atoms with Gasteiger partial charge in [-0.15, -0.1) is 0 Å². The summed E-state index contributed by atoms with van der Waals surface area (Å²) in [5.74, 6) is -3.56. The number of carbonyl (C=O) groups is 2. The average molecular weight is 367 g/mol. The number of hydrogen-bond acceptors (Lipinski definition) is 4. The lowest BCUT2D eigenvalue weighted by Gasteiger charge is -2.11. The van der Waals surface area contributed by atoms with Crippen molar-refractivity contribution in [2.75, 3.05) is 0 Å². The minimum absolute atomic E-state index is 0.0747. The molecule has 0 spiro atoms. The van der Waals surface area contributed by atoms with Gasteiger partial charge in [-0.25, -0.2) is 18.6 Å². The number of para-hydroxylation sites is 1. The number of halogens is 2. The van der Waals surface area contributed by atoms with E-state index < -0.39 is 29.5 Å². The van der Waals surface area contributed by atoms with Crippen LogP contribution in [0.2, 0.25) is 0 Å². The summed E-state index contributed by atoms with van der Waals surface area (Å²) in [7, 11) is 0. The fourth-order valence-corrected chi connectivity index (χ4v) is 2.48. The Morgan fingerprint density at radius 3 is 2.59 bits per heavy atom. The van der Waals surface area contributed by atoms with Crippen molar-refractivity contribution >= 4 is 28.7 Å². The third kappa shape index (κ3) is 4.41. The topological polar surface area (TPSA) is 56.3 Å². The van der Waals surface area contributed by atoms with Gasteiger partial charge in [-0.1, -0.05) is 24.3 Å². The highest BCUT2D eigenvalue weighted by molar-refractivity contribution is 6.01. The van der Waals surface area contributed by atoms with Crippen molar-refractivity contribution in [2.24, 2.45) is 0 Å². The number of ether oxygens (including phenoxy) is 1. The summed E-state index contributed by atoms with van der Waals surface area (Å²) in [6.07, 6.45) is 1.49. The fourth-order valence-electron chi connectivity index (χ4n) is 2.48. The highest BCUT2D eigenvalue weighted by atomic mass is 19.2. The first-order valence-corrected chi connectivity index (χ1v) is 8.18. The van der Waals surface area contributed by atoms with E-state index in [1.54, 1.807) is 6.07 Å². The Bertz CT molecular complexity index is 1050. The molecule has 6 heteroatoms. The zero-order valence-electron chi connectivity index (χ0n) is 14.4. The van der Waals surface area contributed by atoms with Gasteiger partial charge in [0.1, 0.15) is 0 Å². The number of rotatable bonds is 5. The van der Waals surface area contributed by atoms with Crippen LogP contribution in [-0.4, -0.2) is 22.8 Å². The van der Waals surface area contributed by atoms with Gasteiger partial charge >= 0.3 is 5.97 Å². The second kappa shape index (κ2) is 7.86. The standard InChI is InChI=1S/C21H15F2NO3/c1-13(21(26)15-7-10-17(22)18(23)12-15)27-20(25)11-9-16-8-6-14-4-2-3-5-19(14)24-16/h2-13H,1H3/b11-9+/t13-/m0/s1. The Labute approximate surface area is 154 Å². The molecular weight excluding hydrogens is 352 g/mol. The predicted octanol–water partition coefficient (Wildman–Crippen LogP) is 4.34. The van der Waals surface area contributed by atoms with Crippen molar-refractivity contribution < 1.29 is 23.1 Å². The zero-order chi connectivity index (χ0) is 19.4. The molecule has 136 valence electrons. The van der Waals surface area contributed by atoms with Crippen LogP contribution in [-0.2, 0) is 9.53 Å². The number of ketones is 1. The molecule has 3 rings (SSSR count). The maximum absolute atomic E-state index is 13.2. The normalized spacial score (nSPS) is 12.3. The van der Waals surface area contributed by atoms with Crippen LogP contribution in [0.3, 0.4) is 0 Å². The first-order chi connectivity index (χ1) is 12.9. The molecule has 0 saturated heterocycles. The molecule has 3 aromatic rings. The fraction of sp³-hybridized carbons (Fsp3) is 0.0952. The first-order valence-electron chi connectivity index (χ1n) is 8.18. The summed E-state index contributed by atoms with van der Waals surface area (Å²) in [6.45, 7) is 1.36. The van der Waals surface area contributed by atoms with E-state index in [9.17, 15) is 18.4 Å². The van der Waals surface area contributed by atoms with Crippen molar-refractivity contribution in [3.63, 3.8) is 0 Å². The molecule has 2 aromatic carbocycles. The van der Waals surface area contributed by atoms with Gasteiger partial charge in [0.25, 0.3) is 0 Å². The zero-order valence-corrected chi connectivity index (χ0v) is 14.4. The van der Waals surface area contributed by atoms with Crippen LogP contribution in [0.15, 0.2) is 60.7 Å². The predicted molar refractivity (Wildman–Crippen MR) is 97.0 cm³/mol. The first kappa shape index (κ1) is 18.4. The molecule has 0 aliphatic rings. The van der Waals surface area contributed by atoms with Crippen molar-refractivity contribution in [1.29, 1.82) is 0 Å². The van der Waals surface area contributed by atoms with Gasteiger partial charge in [0.05, 0.1) is 11.2 Å². The van der Waals surface area contributed by atoms with Crippen LogP contribution < -0.4 is 0 Å². The van der Waals surface area contributed by atoms with Gasteiger partial charge in [-0.3, -0.25) is 4.79 Å². The van der Waals surface area contributed by atoms with Gasteiger partial charge in [-0.05, 0) is 43.3 Å². The van der Waals surface area contributed by atoms with E-state index >= 15 is 0 Å². The second-order valence-corrected chi connectivity index (χ2v) is 5.83. The van der Waals surface area contributed by atoms with E-state index in [1.807, 2.05) is 30.3 Å². The molecule has 0 amide bonds. The van der Waals surface area contributed by atoms with Crippen LogP contribution >= 0.6 is 0 Å². The summed E-state index contributed by atoms with van der Waals surface area (Å²) in [6, 6.07) is 13.9. The molecule has 4 nitrogen and oxygen atoms in total. The molecule has 1 heterocycles. The van der Waals surface area contributed by atoms with E-state index in [2.05, 4.69) is 4.98 Å². The number of hydrogen-bond donors (Lipinski definition) is 0. The summed E-state index contributed by atoms with van der Waals surface area (Å²) in [5, 5.41) is 0.975. The third-order valence-corrected chi connectivity index (χ3v) is 3.88. The minimum atomic E-state index is -1.14. The molecule has 0 aliphatic carbocycles. The van der Waals surface area contributed by atoms with Gasteiger partial charge in [0, 0.05) is 17.0 Å². The van der Waals surface area contributed by atoms with E-state index in [1.165, 1.54) is 13.0 Å². The van der Waals surface area contributed by atoms with Crippen LogP contribution in [0.25, 0.3) is 17.0 Å². The SMILES string of the molecule is C[C@H](OC(=O)/C=C/c1ccc2ccccc2n1)C(=O)c1ccc(F)c(F)c1. The molecule has 0 aliphatic heterocycles. The molecule has 0 N–H and O–H groups in total.